The largest absolute Gasteiger partial charge is 0.346 e. The van der Waals surface area contributed by atoms with Gasteiger partial charge in [0, 0.05) is 35.8 Å². The number of hydrogen-bond acceptors (Lipinski definition) is 2. The van der Waals surface area contributed by atoms with Crippen LogP contribution in [0.15, 0.2) is 47.9 Å². The maximum atomic E-state index is 4.37. The second kappa shape index (κ2) is 3.77. The van der Waals surface area contributed by atoms with Crippen molar-refractivity contribution in [1.29, 1.82) is 0 Å². The van der Waals surface area contributed by atoms with Gasteiger partial charge in [0.15, 0.2) is 0 Å². The first-order valence-corrected chi connectivity index (χ1v) is 5.25. The van der Waals surface area contributed by atoms with Crippen molar-refractivity contribution in [3.05, 3.63) is 48.4 Å². The summed E-state index contributed by atoms with van der Waals surface area (Å²) in [7, 11) is 0. The molecule has 16 heavy (non-hydrogen) atoms. The number of fused-ring (bicyclic) bond motifs is 1. The van der Waals surface area contributed by atoms with Gasteiger partial charge in [0.1, 0.15) is 5.65 Å². The van der Waals surface area contributed by atoms with E-state index in [2.05, 4.69) is 27.1 Å². The molecule has 0 unspecified atom stereocenters. The number of aromatic nitrogens is 2. The Morgan fingerprint density at radius 2 is 2.31 bits per heavy atom. The summed E-state index contributed by atoms with van der Waals surface area (Å²) in [4.78, 5) is 11.6. The summed E-state index contributed by atoms with van der Waals surface area (Å²) >= 11 is 0. The first-order chi connectivity index (χ1) is 7.93. The molecule has 78 valence electrons. The van der Waals surface area contributed by atoms with E-state index >= 15 is 0 Å². The molecule has 0 amide bonds. The van der Waals surface area contributed by atoms with Crippen molar-refractivity contribution in [1.82, 2.24) is 9.97 Å². The topological polar surface area (TPSA) is 41.0 Å². The molecule has 1 aliphatic heterocycles. The standard InChI is InChI=1S/C13H11N3/c1-2-5-14-8-11(3-1)12-7-10-4-6-15-13(10)16-9-12/h2-9H,1H2,(H,15,16). The molecule has 0 aliphatic carbocycles. The number of aliphatic imine (C=N–C) groups is 1. The molecular formula is C13H11N3. The zero-order valence-corrected chi connectivity index (χ0v) is 8.72. The van der Waals surface area contributed by atoms with Gasteiger partial charge in [0.2, 0.25) is 0 Å². The molecule has 0 spiro atoms. The van der Waals surface area contributed by atoms with Gasteiger partial charge in [-0.05, 0) is 24.1 Å². The van der Waals surface area contributed by atoms with Crippen LogP contribution in [-0.2, 0) is 0 Å². The van der Waals surface area contributed by atoms with Crippen LogP contribution in [0.1, 0.15) is 12.0 Å². The third-order valence-electron chi connectivity index (χ3n) is 2.61. The first kappa shape index (κ1) is 9.09. The summed E-state index contributed by atoms with van der Waals surface area (Å²) in [5.74, 6) is 0. The molecule has 0 radical (unpaired) electrons. The molecule has 1 aliphatic rings. The first-order valence-electron chi connectivity index (χ1n) is 5.25. The highest BCUT2D eigenvalue weighted by molar-refractivity contribution is 6.10. The third kappa shape index (κ3) is 1.56. The highest BCUT2D eigenvalue weighted by atomic mass is 14.8. The van der Waals surface area contributed by atoms with Crippen molar-refractivity contribution in [3.63, 3.8) is 0 Å². The molecule has 2 aromatic rings. The molecule has 0 saturated carbocycles. The van der Waals surface area contributed by atoms with Gasteiger partial charge >= 0.3 is 0 Å². The Labute approximate surface area is 93.2 Å². The molecule has 0 saturated heterocycles. The minimum atomic E-state index is 0.917. The van der Waals surface area contributed by atoms with Crippen LogP contribution in [0.4, 0.5) is 0 Å². The van der Waals surface area contributed by atoms with E-state index in [-0.39, 0.29) is 0 Å². The van der Waals surface area contributed by atoms with Crippen LogP contribution in [0.25, 0.3) is 16.6 Å². The maximum absolute atomic E-state index is 4.37. The predicted octanol–water partition coefficient (Wildman–Crippen LogP) is 2.93. The summed E-state index contributed by atoms with van der Waals surface area (Å²) in [6.07, 6.45) is 12.6. The number of H-pyrrole nitrogens is 1. The van der Waals surface area contributed by atoms with E-state index < -0.39 is 0 Å². The number of hydrogen-bond donors (Lipinski definition) is 1. The minimum absolute atomic E-state index is 0.917. The second-order valence-corrected chi connectivity index (χ2v) is 3.70. The molecular weight excluding hydrogens is 198 g/mol. The van der Waals surface area contributed by atoms with Gasteiger partial charge in [-0.25, -0.2) is 4.98 Å². The lowest BCUT2D eigenvalue weighted by atomic mass is 10.1. The fourth-order valence-corrected chi connectivity index (χ4v) is 1.78. The Kier molecular flexibility index (Phi) is 2.14. The molecule has 2 aromatic heterocycles. The molecule has 0 aromatic carbocycles. The molecule has 3 heteroatoms. The number of nitrogens with zero attached hydrogens (tertiary/aromatic N) is 2. The lowest BCUT2D eigenvalue weighted by molar-refractivity contribution is 1.31. The van der Waals surface area contributed by atoms with Gasteiger partial charge in [-0.2, -0.15) is 0 Å². The smallest absolute Gasteiger partial charge is 0.137 e. The fraction of sp³-hybridized carbons (Fsp3) is 0.0769. The second-order valence-electron chi connectivity index (χ2n) is 3.70. The van der Waals surface area contributed by atoms with Gasteiger partial charge in [-0.3, -0.25) is 4.99 Å². The Hall–Kier alpha value is -2.16. The normalized spacial score (nSPS) is 15.1. The van der Waals surface area contributed by atoms with Crippen LogP contribution in [0.5, 0.6) is 0 Å². The predicted molar refractivity (Wildman–Crippen MR) is 66.3 cm³/mol. The quantitative estimate of drug-likeness (QED) is 0.770. The van der Waals surface area contributed by atoms with E-state index in [1.165, 1.54) is 0 Å². The van der Waals surface area contributed by atoms with Crippen LogP contribution in [0.3, 0.4) is 0 Å². The van der Waals surface area contributed by atoms with Gasteiger partial charge in [-0.1, -0.05) is 12.2 Å². The zero-order valence-electron chi connectivity index (χ0n) is 8.72. The van der Waals surface area contributed by atoms with Gasteiger partial charge in [0.25, 0.3) is 0 Å². The Bertz CT molecular complexity index is 602. The molecule has 0 bridgehead atoms. The summed E-state index contributed by atoms with van der Waals surface area (Å²) in [6.45, 7) is 0. The molecule has 0 fully saturated rings. The van der Waals surface area contributed by atoms with E-state index in [1.54, 1.807) is 0 Å². The molecule has 0 atom stereocenters. The van der Waals surface area contributed by atoms with Crippen molar-refractivity contribution in [2.24, 2.45) is 4.99 Å². The number of aromatic amines is 1. The van der Waals surface area contributed by atoms with Crippen molar-refractivity contribution in [2.45, 2.75) is 6.42 Å². The van der Waals surface area contributed by atoms with Gasteiger partial charge in [0.05, 0.1) is 0 Å². The van der Waals surface area contributed by atoms with Crippen LogP contribution < -0.4 is 0 Å². The Morgan fingerprint density at radius 1 is 1.31 bits per heavy atom. The molecule has 3 heterocycles. The highest BCUT2D eigenvalue weighted by Gasteiger charge is 2.02. The minimum Gasteiger partial charge on any atom is -0.346 e. The maximum Gasteiger partial charge on any atom is 0.137 e. The van der Waals surface area contributed by atoms with Crippen molar-refractivity contribution in [3.8, 4) is 0 Å². The third-order valence-corrected chi connectivity index (χ3v) is 2.61. The number of pyridine rings is 1. The van der Waals surface area contributed by atoms with Crippen molar-refractivity contribution >= 4 is 22.8 Å². The summed E-state index contributed by atoms with van der Waals surface area (Å²) in [5, 5.41) is 1.13. The number of nitrogens with one attached hydrogen (secondary N) is 1. The fourth-order valence-electron chi connectivity index (χ4n) is 1.78. The molecule has 1 N–H and O–H groups in total. The lowest BCUT2D eigenvalue weighted by Crippen LogP contribution is -1.87. The van der Waals surface area contributed by atoms with E-state index in [0.29, 0.717) is 0 Å². The van der Waals surface area contributed by atoms with Gasteiger partial charge < -0.3 is 4.98 Å². The summed E-state index contributed by atoms with van der Waals surface area (Å²) < 4.78 is 0. The highest BCUT2D eigenvalue weighted by Crippen LogP contribution is 2.18. The van der Waals surface area contributed by atoms with Crippen LogP contribution >= 0.6 is 0 Å². The van der Waals surface area contributed by atoms with Crippen LogP contribution in [0, 0.1) is 0 Å². The average Bonchev–Trinajstić information content (AvgIpc) is 2.61. The average molecular weight is 209 g/mol. The van der Waals surface area contributed by atoms with Crippen molar-refractivity contribution < 1.29 is 0 Å². The van der Waals surface area contributed by atoms with E-state index in [9.17, 15) is 0 Å². The van der Waals surface area contributed by atoms with Crippen LogP contribution in [0.2, 0.25) is 0 Å². The van der Waals surface area contributed by atoms with Crippen molar-refractivity contribution in [2.75, 3.05) is 0 Å². The number of allylic oxidation sites excluding steroid dienone is 3. The lowest BCUT2D eigenvalue weighted by Gasteiger charge is -2.00. The molecule has 3 nitrogen and oxygen atoms in total. The number of rotatable bonds is 1. The Morgan fingerprint density at radius 3 is 3.31 bits per heavy atom. The van der Waals surface area contributed by atoms with Crippen LogP contribution in [-0.4, -0.2) is 16.2 Å². The monoisotopic (exact) mass is 209 g/mol. The summed E-state index contributed by atoms with van der Waals surface area (Å²) in [6, 6.07) is 4.15. The Balaban J connectivity index is 2.08. The molecule has 3 rings (SSSR count). The SMILES string of the molecule is C1=CN=CC(c2cnc3[nH]ccc3c2)=CC1. The van der Waals surface area contributed by atoms with E-state index in [0.717, 1.165) is 28.6 Å². The van der Waals surface area contributed by atoms with Gasteiger partial charge in [-0.15, -0.1) is 0 Å². The van der Waals surface area contributed by atoms with E-state index in [4.69, 9.17) is 0 Å². The summed E-state index contributed by atoms with van der Waals surface area (Å²) in [5.41, 5.74) is 3.16. The zero-order chi connectivity index (χ0) is 10.8. The van der Waals surface area contributed by atoms with E-state index in [1.807, 2.05) is 37.0 Å².